The predicted octanol–water partition coefficient (Wildman–Crippen LogP) is 7.45. The number of nitriles is 1. The van der Waals surface area contributed by atoms with Crippen LogP contribution in [0.5, 0.6) is 0 Å². The molecule has 0 spiro atoms. The molecule has 0 unspecified atom stereocenters. The minimum atomic E-state index is -0.551. The summed E-state index contributed by atoms with van der Waals surface area (Å²) in [5.74, 6) is -0.551. The largest absolute Gasteiger partial charge is 0.371 e. The van der Waals surface area contributed by atoms with Crippen molar-refractivity contribution in [2.75, 3.05) is 17.3 Å². The third kappa shape index (κ3) is 5.77. The Morgan fingerprint density at radius 3 is 2.64 bits per heavy atom. The van der Waals surface area contributed by atoms with E-state index in [-0.39, 0.29) is 10.6 Å². The van der Waals surface area contributed by atoms with Gasteiger partial charge in [0.05, 0.1) is 46.4 Å². The fourth-order valence-corrected chi connectivity index (χ4v) is 4.62. The standard InChI is InChI=1S/C28H21Cl2F2N7/c29-19-11-21-26(35-20-7-8-23(32)22(30)13-20)18(14-33)15-34-28(21)24(12-19)36-27(17-5-2-1-3-6-17)25-16-39(38-37-25)10-4-9-31/h1-3,5-8,11-13,15-16,27,36H,4,9-10H2,(H,34,35)/t27-/m0/s1. The maximum absolute atomic E-state index is 13.7. The van der Waals surface area contributed by atoms with Crippen LogP contribution >= 0.6 is 23.2 Å². The van der Waals surface area contributed by atoms with Crippen molar-refractivity contribution in [3.05, 3.63) is 106 Å². The summed E-state index contributed by atoms with van der Waals surface area (Å²) in [6, 6.07) is 19.0. The van der Waals surface area contributed by atoms with Gasteiger partial charge in [-0.3, -0.25) is 14.1 Å². The molecule has 0 radical (unpaired) electrons. The van der Waals surface area contributed by atoms with Gasteiger partial charge in [-0.15, -0.1) is 5.10 Å². The first kappa shape index (κ1) is 26.4. The van der Waals surface area contributed by atoms with Gasteiger partial charge in [0, 0.05) is 28.8 Å². The minimum Gasteiger partial charge on any atom is -0.371 e. The van der Waals surface area contributed by atoms with Crippen LogP contribution in [0.15, 0.2) is 73.1 Å². The fourth-order valence-electron chi connectivity index (χ4n) is 4.22. The van der Waals surface area contributed by atoms with Crippen molar-refractivity contribution in [3.63, 3.8) is 0 Å². The van der Waals surface area contributed by atoms with E-state index in [0.717, 1.165) is 5.56 Å². The van der Waals surface area contributed by atoms with Gasteiger partial charge < -0.3 is 10.6 Å². The molecular weight excluding hydrogens is 543 g/mol. The monoisotopic (exact) mass is 563 g/mol. The van der Waals surface area contributed by atoms with Gasteiger partial charge in [-0.1, -0.05) is 58.7 Å². The first-order chi connectivity index (χ1) is 19.0. The molecule has 2 N–H and O–H groups in total. The Morgan fingerprint density at radius 2 is 1.90 bits per heavy atom. The highest BCUT2D eigenvalue weighted by molar-refractivity contribution is 6.32. The molecule has 0 amide bonds. The van der Waals surface area contributed by atoms with Gasteiger partial charge >= 0.3 is 0 Å². The number of nitrogens with zero attached hydrogens (tertiary/aromatic N) is 5. The number of aromatic nitrogens is 4. The molecular formula is C28H21Cl2F2N7. The fraction of sp³-hybridized carbons (Fsp3) is 0.143. The SMILES string of the molecule is N#Cc1cnc2c(N[C@@H](c3ccccc3)c3cn(CCCF)nn3)cc(Cl)cc2c1Nc1ccc(F)c(Cl)c1. The average molecular weight is 564 g/mol. The number of rotatable bonds is 9. The molecule has 39 heavy (non-hydrogen) atoms. The molecule has 7 nitrogen and oxygen atoms in total. The van der Waals surface area contributed by atoms with Crippen molar-refractivity contribution < 1.29 is 8.78 Å². The Balaban J connectivity index is 1.60. The van der Waals surface area contributed by atoms with Crippen molar-refractivity contribution in [2.24, 2.45) is 0 Å². The molecule has 0 aliphatic carbocycles. The van der Waals surface area contributed by atoms with E-state index in [4.69, 9.17) is 23.2 Å². The highest BCUT2D eigenvalue weighted by atomic mass is 35.5. The molecule has 0 fully saturated rings. The zero-order valence-corrected chi connectivity index (χ0v) is 21.9. The van der Waals surface area contributed by atoms with E-state index in [1.807, 2.05) is 30.3 Å². The predicted molar refractivity (Wildman–Crippen MR) is 149 cm³/mol. The number of aryl methyl sites for hydroxylation is 1. The topological polar surface area (TPSA) is 91.5 Å². The molecule has 0 bridgehead atoms. The second kappa shape index (κ2) is 11.6. The van der Waals surface area contributed by atoms with E-state index < -0.39 is 18.5 Å². The molecule has 0 saturated carbocycles. The van der Waals surface area contributed by atoms with Gasteiger partial charge in [-0.05, 0) is 42.3 Å². The minimum absolute atomic E-state index is 0.0532. The molecule has 0 aliphatic heterocycles. The maximum atomic E-state index is 13.7. The molecule has 2 aromatic heterocycles. The van der Waals surface area contributed by atoms with Gasteiger partial charge in [0.1, 0.15) is 17.6 Å². The average Bonchev–Trinajstić information content (AvgIpc) is 3.41. The number of alkyl halides is 1. The number of anilines is 3. The first-order valence-corrected chi connectivity index (χ1v) is 12.7. The first-order valence-electron chi connectivity index (χ1n) is 12.0. The van der Waals surface area contributed by atoms with E-state index in [2.05, 4.69) is 32.0 Å². The van der Waals surface area contributed by atoms with Gasteiger partial charge in [0.2, 0.25) is 0 Å². The number of nitrogens with one attached hydrogen (secondary N) is 2. The number of halogens is 4. The molecule has 11 heteroatoms. The van der Waals surface area contributed by atoms with Crippen molar-refractivity contribution in [1.29, 1.82) is 5.26 Å². The highest BCUT2D eigenvalue weighted by Gasteiger charge is 2.21. The number of hydrogen-bond donors (Lipinski definition) is 2. The van der Waals surface area contributed by atoms with E-state index in [0.29, 0.717) is 51.6 Å². The number of pyridine rings is 1. The lowest BCUT2D eigenvalue weighted by Crippen LogP contribution is -2.14. The molecule has 2 heterocycles. The summed E-state index contributed by atoms with van der Waals surface area (Å²) in [5.41, 5.74) is 3.88. The van der Waals surface area contributed by atoms with Gasteiger partial charge in [-0.2, -0.15) is 5.26 Å². The van der Waals surface area contributed by atoms with Crippen molar-refractivity contribution >= 4 is 51.2 Å². The van der Waals surface area contributed by atoms with Crippen LogP contribution in [-0.4, -0.2) is 26.7 Å². The van der Waals surface area contributed by atoms with Gasteiger partial charge in [-0.25, -0.2) is 4.39 Å². The highest BCUT2D eigenvalue weighted by Crippen LogP contribution is 2.37. The van der Waals surface area contributed by atoms with Gasteiger partial charge in [0.25, 0.3) is 0 Å². The quantitative estimate of drug-likeness (QED) is 0.193. The zero-order chi connectivity index (χ0) is 27.4. The Morgan fingerprint density at radius 1 is 1.08 bits per heavy atom. The summed E-state index contributed by atoms with van der Waals surface area (Å²) in [6.45, 7) is -0.0348. The summed E-state index contributed by atoms with van der Waals surface area (Å²) in [7, 11) is 0. The summed E-state index contributed by atoms with van der Waals surface area (Å²) >= 11 is 12.5. The summed E-state index contributed by atoms with van der Waals surface area (Å²) in [6.07, 6.45) is 3.57. The van der Waals surface area contributed by atoms with E-state index >= 15 is 0 Å². The number of benzene rings is 3. The van der Waals surface area contributed by atoms with E-state index in [1.54, 1.807) is 23.0 Å². The van der Waals surface area contributed by atoms with Crippen LogP contribution in [0, 0.1) is 17.1 Å². The van der Waals surface area contributed by atoms with Crippen molar-refractivity contribution in [1.82, 2.24) is 20.0 Å². The van der Waals surface area contributed by atoms with Crippen LogP contribution in [0.2, 0.25) is 10.0 Å². The van der Waals surface area contributed by atoms with E-state index in [9.17, 15) is 14.0 Å². The number of hydrogen-bond acceptors (Lipinski definition) is 6. The molecule has 0 saturated heterocycles. The normalized spacial score (nSPS) is 11.8. The van der Waals surface area contributed by atoms with E-state index in [1.165, 1.54) is 24.4 Å². The van der Waals surface area contributed by atoms with Crippen LogP contribution in [0.3, 0.4) is 0 Å². The summed E-state index contributed by atoms with van der Waals surface area (Å²) in [5, 5.41) is 25.9. The molecule has 1 atom stereocenters. The zero-order valence-electron chi connectivity index (χ0n) is 20.4. The molecule has 5 rings (SSSR count). The van der Waals surface area contributed by atoms with Crippen LogP contribution in [0.1, 0.15) is 29.3 Å². The number of fused-ring (bicyclic) bond motifs is 1. The smallest absolute Gasteiger partial charge is 0.141 e. The summed E-state index contributed by atoms with van der Waals surface area (Å²) in [4.78, 5) is 4.56. The Bertz CT molecular complexity index is 1670. The lowest BCUT2D eigenvalue weighted by atomic mass is 10.0. The third-order valence-corrected chi connectivity index (χ3v) is 6.56. The second-order valence-corrected chi connectivity index (χ2v) is 9.54. The molecule has 3 aromatic carbocycles. The molecule has 196 valence electrons. The Kier molecular flexibility index (Phi) is 7.87. The van der Waals surface area contributed by atoms with Crippen molar-refractivity contribution in [3.8, 4) is 6.07 Å². The molecule has 0 aliphatic rings. The lowest BCUT2D eigenvalue weighted by molar-refractivity contribution is 0.431. The summed E-state index contributed by atoms with van der Waals surface area (Å²) < 4.78 is 28.0. The van der Waals surface area contributed by atoms with Crippen LogP contribution in [0.25, 0.3) is 10.9 Å². The third-order valence-electron chi connectivity index (χ3n) is 6.05. The Labute approximate surface area is 233 Å². The molecule has 5 aromatic rings. The second-order valence-electron chi connectivity index (χ2n) is 8.70. The van der Waals surface area contributed by atoms with Gasteiger partial charge in [0.15, 0.2) is 0 Å². The van der Waals surface area contributed by atoms with Crippen LogP contribution < -0.4 is 10.6 Å². The maximum Gasteiger partial charge on any atom is 0.141 e. The lowest BCUT2D eigenvalue weighted by Gasteiger charge is -2.21. The Hall–Kier alpha value is -4.26. The van der Waals surface area contributed by atoms with Crippen LogP contribution in [0.4, 0.5) is 25.8 Å². The van der Waals surface area contributed by atoms with Crippen molar-refractivity contribution in [2.45, 2.75) is 19.0 Å². The van der Waals surface area contributed by atoms with Crippen LogP contribution in [-0.2, 0) is 6.54 Å².